The van der Waals surface area contributed by atoms with Crippen molar-refractivity contribution in [2.24, 2.45) is 0 Å². The highest BCUT2D eigenvalue weighted by molar-refractivity contribution is 5.96. The summed E-state index contributed by atoms with van der Waals surface area (Å²) in [7, 11) is 0. The second-order valence-electron chi connectivity index (χ2n) is 4.68. The molecule has 0 unspecified atom stereocenters. The van der Waals surface area contributed by atoms with Crippen molar-refractivity contribution in [2.45, 2.75) is 12.6 Å². The first-order chi connectivity index (χ1) is 11.7. The monoisotopic (exact) mass is 357 g/mol. The van der Waals surface area contributed by atoms with Crippen LogP contribution < -0.4 is 10.6 Å². The van der Waals surface area contributed by atoms with E-state index in [9.17, 15) is 27.6 Å². The van der Waals surface area contributed by atoms with Gasteiger partial charge in [0, 0.05) is 12.1 Å². The normalized spacial score (nSPS) is 10.5. The molecule has 2 N–H and O–H groups in total. The predicted octanol–water partition coefficient (Wildman–Crippen LogP) is 1.01. The van der Waals surface area contributed by atoms with Gasteiger partial charge in [0.05, 0.1) is 18.1 Å². The Hall–Kier alpha value is -3.09. The number of benzene rings is 1. The zero-order valence-corrected chi connectivity index (χ0v) is 12.9. The molecule has 0 fully saturated rings. The van der Waals surface area contributed by atoms with Gasteiger partial charge in [0.15, 0.2) is 6.61 Å². The number of ether oxygens (including phenoxy) is 1. The van der Waals surface area contributed by atoms with Crippen LogP contribution in [0.4, 0.5) is 13.2 Å². The van der Waals surface area contributed by atoms with E-state index in [1.165, 1.54) is 0 Å². The van der Waals surface area contributed by atoms with Crippen LogP contribution in [0.15, 0.2) is 24.3 Å². The fourth-order valence-corrected chi connectivity index (χ4v) is 1.57. The lowest BCUT2D eigenvalue weighted by atomic mass is 10.1. The van der Waals surface area contributed by atoms with Crippen molar-refractivity contribution >= 4 is 17.8 Å². The average Bonchev–Trinajstić information content (AvgIpc) is 2.57. The number of hydrogen-bond donors (Lipinski definition) is 2. The van der Waals surface area contributed by atoms with Crippen LogP contribution in [0.3, 0.4) is 0 Å². The predicted molar refractivity (Wildman–Crippen MR) is 78.0 cm³/mol. The largest absolute Gasteiger partial charge is 0.454 e. The van der Waals surface area contributed by atoms with E-state index >= 15 is 0 Å². The summed E-state index contributed by atoms with van der Waals surface area (Å²) in [6.07, 6.45) is -4.39. The van der Waals surface area contributed by atoms with E-state index in [0.717, 1.165) is 24.3 Å². The Morgan fingerprint density at radius 2 is 1.76 bits per heavy atom. The van der Waals surface area contributed by atoms with E-state index in [-0.39, 0.29) is 18.5 Å². The molecule has 0 aliphatic rings. The highest BCUT2D eigenvalue weighted by Gasteiger charge is 2.30. The number of halogens is 3. The summed E-state index contributed by atoms with van der Waals surface area (Å²) >= 11 is 0. The zero-order valence-electron chi connectivity index (χ0n) is 12.9. The molecule has 0 aliphatic heterocycles. The molecule has 0 bridgehead atoms. The van der Waals surface area contributed by atoms with E-state index in [2.05, 4.69) is 15.4 Å². The number of alkyl halides is 3. The third-order valence-corrected chi connectivity index (χ3v) is 2.79. The minimum absolute atomic E-state index is 0.0601. The van der Waals surface area contributed by atoms with Gasteiger partial charge in [0.25, 0.3) is 11.8 Å². The molecule has 0 atom stereocenters. The quantitative estimate of drug-likeness (QED) is 0.559. The highest BCUT2D eigenvalue weighted by Crippen LogP contribution is 2.28. The van der Waals surface area contributed by atoms with Crippen molar-refractivity contribution in [3.8, 4) is 6.07 Å². The molecule has 1 aromatic rings. The smallest absolute Gasteiger partial charge is 0.416 e. The number of rotatable bonds is 7. The Kier molecular flexibility index (Phi) is 7.40. The van der Waals surface area contributed by atoms with Gasteiger partial charge >= 0.3 is 12.1 Å². The van der Waals surface area contributed by atoms with E-state index in [0.29, 0.717) is 0 Å². The van der Waals surface area contributed by atoms with Gasteiger partial charge in [-0.3, -0.25) is 14.4 Å². The number of carbonyl (C=O) groups is 3. The van der Waals surface area contributed by atoms with Gasteiger partial charge in [-0.2, -0.15) is 18.4 Å². The van der Waals surface area contributed by atoms with E-state index < -0.39 is 42.7 Å². The van der Waals surface area contributed by atoms with Crippen LogP contribution in [0.25, 0.3) is 0 Å². The summed E-state index contributed by atoms with van der Waals surface area (Å²) in [4.78, 5) is 34.3. The second-order valence-corrected chi connectivity index (χ2v) is 4.68. The lowest BCUT2D eigenvalue weighted by Crippen LogP contribution is -2.34. The molecule has 134 valence electrons. The number of nitriles is 1. The molecule has 10 heteroatoms. The number of amides is 2. The third kappa shape index (κ3) is 7.34. The van der Waals surface area contributed by atoms with Crippen molar-refractivity contribution in [3.63, 3.8) is 0 Å². The standard InChI is InChI=1S/C15H14F3N3O4/c16-15(17,18)11-4-2-10(3-5-11)14(24)21-8-13(23)25-9-12(22)20-7-1-6-19/h2-5H,1,7-9H2,(H,20,22)(H,21,24). The van der Waals surface area contributed by atoms with E-state index in [4.69, 9.17) is 5.26 Å². The summed E-state index contributed by atoms with van der Waals surface area (Å²) in [6, 6.07) is 5.27. The first-order valence-electron chi connectivity index (χ1n) is 6.98. The first kappa shape index (κ1) is 20.0. The number of esters is 1. The third-order valence-electron chi connectivity index (χ3n) is 2.79. The lowest BCUT2D eigenvalue weighted by molar-refractivity contribution is -0.147. The highest BCUT2D eigenvalue weighted by atomic mass is 19.4. The fraction of sp³-hybridized carbons (Fsp3) is 0.333. The molecule has 0 saturated heterocycles. The van der Waals surface area contributed by atoms with Gasteiger partial charge in [-0.25, -0.2) is 0 Å². The Labute approximate surface area is 140 Å². The van der Waals surface area contributed by atoms with Gasteiger partial charge in [0.1, 0.15) is 6.54 Å². The zero-order chi connectivity index (χ0) is 18.9. The Morgan fingerprint density at radius 3 is 2.32 bits per heavy atom. The second kappa shape index (κ2) is 9.27. The average molecular weight is 357 g/mol. The molecular weight excluding hydrogens is 343 g/mol. The van der Waals surface area contributed by atoms with E-state index in [1.54, 1.807) is 0 Å². The maximum Gasteiger partial charge on any atom is 0.416 e. The SMILES string of the molecule is N#CCCNC(=O)COC(=O)CNC(=O)c1ccc(C(F)(F)F)cc1. The van der Waals surface area contributed by atoms with Crippen molar-refractivity contribution < 1.29 is 32.3 Å². The maximum atomic E-state index is 12.4. The molecule has 0 radical (unpaired) electrons. The topological polar surface area (TPSA) is 108 Å². The van der Waals surface area contributed by atoms with Crippen molar-refractivity contribution in [3.05, 3.63) is 35.4 Å². The Bertz CT molecular complexity index is 666. The van der Waals surface area contributed by atoms with E-state index in [1.807, 2.05) is 6.07 Å². The molecule has 25 heavy (non-hydrogen) atoms. The van der Waals surface area contributed by atoms with Crippen molar-refractivity contribution in [1.29, 1.82) is 5.26 Å². The van der Waals surface area contributed by atoms with Crippen LogP contribution in [-0.2, 0) is 20.5 Å². The molecule has 0 aliphatic carbocycles. The van der Waals surface area contributed by atoms with Crippen LogP contribution in [0.5, 0.6) is 0 Å². The van der Waals surface area contributed by atoms with Crippen LogP contribution in [0, 0.1) is 11.3 Å². The van der Waals surface area contributed by atoms with Crippen LogP contribution in [0.2, 0.25) is 0 Å². The number of carbonyl (C=O) groups excluding carboxylic acids is 3. The Morgan fingerprint density at radius 1 is 1.12 bits per heavy atom. The maximum absolute atomic E-state index is 12.4. The van der Waals surface area contributed by atoms with Gasteiger partial charge in [-0.05, 0) is 24.3 Å². The summed E-state index contributed by atoms with van der Waals surface area (Å²) in [5, 5.41) is 12.8. The summed E-state index contributed by atoms with van der Waals surface area (Å²) < 4.78 is 41.8. The number of nitrogens with one attached hydrogen (secondary N) is 2. The minimum Gasteiger partial charge on any atom is -0.454 e. The van der Waals surface area contributed by atoms with Crippen LogP contribution in [0.1, 0.15) is 22.3 Å². The van der Waals surface area contributed by atoms with Gasteiger partial charge in [0.2, 0.25) is 0 Å². The van der Waals surface area contributed by atoms with Crippen LogP contribution >= 0.6 is 0 Å². The Balaban J connectivity index is 2.37. The molecule has 0 spiro atoms. The summed E-state index contributed by atoms with van der Waals surface area (Å²) in [5.74, 6) is -2.25. The fourth-order valence-electron chi connectivity index (χ4n) is 1.57. The molecule has 0 heterocycles. The van der Waals surface area contributed by atoms with Crippen molar-refractivity contribution in [2.75, 3.05) is 19.7 Å². The van der Waals surface area contributed by atoms with Gasteiger partial charge in [-0.1, -0.05) is 0 Å². The molecule has 2 amide bonds. The van der Waals surface area contributed by atoms with Gasteiger partial charge in [-0.15, -0.1) is 0 Å². The summed E-state index contributed by atoms with van der Waals surface area (Å²) in [6.45, 7) is -0.997. The van der Waals surface area contributed by atoms with Crippen molar-refractivity contribution in [1.82, 2.24) is 10.6 Å². The number of nitrogens with zero attached hydrogens (tertiary/aromatic N) is 1. The van der Waals surface area contributed by atoms with Gasteiger partial charge < -0.3 is 15.4 Å². The molecule has 0 saturated carbocycles. The van der Waals surface area contributed by atoms with Crippen LogP contribution in [-0.4, -0.2) is 37.5 Å². The lowest BCUT2D eigenvalue weighted by Gasteiger charge is -2.08. The molecule has 0 aromatic heterocycles. The molecule has 1 rings (SSSR count). The first-order valence-corrected chi connectivity index (χ1v) is 6.98. The number of hydrogen-bond acceptors (Lipinski definition) is 5. The molecule has 1 aromatic carbocycles. The minimum atomic E-state index is -4.51. The summed E-state index contributed by atoms with van der Waals surface area (Å²) in [5.41, 5.74) is -0.957. The molecular formula is C15H14F3N3O4. The molecule has 7 nitrogen and oxygen atoms in total.